The first kappa shape index (κ1) is 30.4. The SMILES string of the molecule is CN(c1ccc2c(c1)nc(NC(=O)c1cc(C(F)(F)F)ccc1F)n2C)c1ccnc(Nc2ccc(CS(C)(=O)=O)cc2)n1. The molecule has 0 atom stereocenters. The van der Waals surface area contributed by atoms with E-state index >= 15 is 0 Å². The van der Waals surface area contributed by atoms with Crippen molar-refractivity contribution < 1.29 is 30.8 Å². The smallest absolute Gasteiger partial charge is 0.329 e. The molecule has 15 heteroatoms. The van der Waals surface area contributed by atoms with Gasteiger partial charge in [-0.25, -0.2) is 22.8 Å². The van der Waals surface area contributed by atoms with Crippen molar-refractivity contribution in [1.82, 2.24) is 19.5 Å². The minimum atomic E-state index is -4.74. The highest BCUT2D eigenvalue weighted by Crippen LogP contribution is 2.31. The van der Waals surface area contributed by atoms with Gasteiger partial charge in [0.2, 0.25) is 11.9 Å². The highest BCUT2D eigenvalue weighted by molar-refractivity contribution is 7.89. The zero-order valence-electron chi connectivity index (χ0n) is 23.5. The summed E-state index contributed by atoms with van der Waals surface area (Å²) in [6.07, 6.45) is -2.00. The first-order valence-corrected chi connectivity index (χ1v) is 15.0. The number of hydrogen-bond donors (Lipinski definition) is 2. The Morgan fingerprint density at radius 2 is 1.73 bits per heavy atom. The first-order chi connectivity index (χ1) is 20.7. The van der Waals surface area contributed by atoms with E-state index in [-0.39, 0.29) is 11.7 Å². The monoisotopic (exact) mass is 627 g/mol. The lowest BCUT2D eigenvalue weighted by molar-refractivity contribution is -0.137. The molecule has 0 radical (unpaired) electrons. The van der Waals surface area contributed by atoms with Gasteiger partial charge in [0.15, 0.2) is 9.84 Å². The Bertz CT molecular complexity index is 1980. The second-order valence-electron chi connectivity index (χ2n) is 10.0. The van der Waals surface area contributed by atoms with E-state index in [0.29, 0.717) is 57.9 Å². The number of rotatable bonds is 8. The molecule has 0 unspecified atom stereocenters. The number of carbonyl (C=O) groups excluding carboxylic acids is 1. The number of amides is 1. The van der Waals surface area contributed by atoms with Crippen molar-refractivity contribution in [2.75, 3.05) is 28.8 Å². The number of aryl methyl sites for hydroxylation is 1. The van der Waals surface area contributed by atoms with Crippen molar-refractivity contribution >= 4 is 55.9 Å². The third-order valence-corrected chi connectivity index (χ3v) is 7.50. The van der Waals surface area contributed by atoms with E-state index in [4.69, 9.17) is 0 Å². The van der Waals surface area contributed by atoms with E-state index in [1.807, 2.05) is 0 Å². The molecule has 0 saturated heterocycles. The highest BCUT2D eigenvalue weighted by Gasteiger charge is 2.32. The fourth-order valence-electron chi connectivity index (χ4n) is 4.40. The van der Waals surface area contributed by atoms with Gasteiger partial charge in [0.25, 0.3) is 5.91 Å². The van der Waals surface area contributed by atoms with Gasteiger partial charge in [-0.3, -0.25) is 10.1 Å². The number of nitrogens with one attached hydrogen (secondary N) is 2. The second-order valence-corrected chi connectivity index (χ2v) is 12.1. The quantitative estimate of drug-likeness (QED) is 0.206. The first-order valence-electron chi connectivity index (χ1n) is 12.9. The number of hydrogen-bond acceptors (Lipinski definition) is 8. The molecule has 5 aromatic rings. The molecule has 2 N–H and O–H groups in total. The Morgan fingerprint density at radius 1 is 1.00 bits per heavy atom. The summed E-state index contributed by atoms with van der Waals surface area (Å²) in [5, 5.41) is 5.48. The molecule has 5 rings (SSSR count). The van der Waals surface area contributed by atoms with Crippen LogP contribution in [0.25, 0.3) is 11.0 Å². The normalized spacial score (nSPS) is 11.9. The van der Waals surface area contributed by atoms with Crippen LogP contribution in [0.15, 0.2) is 72.9 Å². The molecule has 3 aromatic carbocycles. The van der Waals surface area contributed by atoms with Crippen LogP contribution in [0.1, 0.15) is 21.5 Å². The summed E-state index contributed by atoms with van der Waals surface area (Å²) in [4.78, 5) is 27.7. The summed E-state index contributed by atoms with van der Waals surface area (Å²) in [6, 6.07) is 15.4. The van der Waals surface area contributed by atoms with E-state index in [0.717, 1.165) is 0 Å². The van der Waals surface area contributed by atoms with E-state index in [1.54, 1.807) is 73.7 Å². The van der Waals surface area contributed by atoms with Crippen LogP contribution in [0.4, 0.5) is 46.7 Å². The van der Waals surface area contributed by atoms with Gasteiger partial charge < -0.3 is 14.8 Å². The number of nitrogens with zero attached hydrogens (tertiary/aromatic N) is 5. The minimum Gasteiger partial charge on any atom is -0.329 e. The van der Waals surface area contributed by atoms with Gasteiger partial charge in [-0.2, -0.15) is 18.2 Å². The van der Waals surface area contributed by atoms with E-state index in [2.05, 4.69) is 25.6 Å². The molecular weight excluding hydrogens is 602 g/mol. The molecule has 1 amide bonds. The number of alkyl halides is 3. The molecule has 0 saturated carbocycles. The average molecular weight is 628 g/mol. The Kier molecular flexibility index (Phi) is 7.99. The van der Waals surface area contributed by atoms with Crippen LogP contribution in [0.3, 0.4) is 0 Å². The maximum absolute atomic E-state index is 14.2. The molecule has 0 aliphatic rings. The van der Waals surface area contributed by atoms with Gasteiger partial charge in [0.1, 0.15) is 11.6 Å². The summed E-state index contributed by atoms with van der Waals surface area (Å²) in [5.41, 5.74) is 1.15. The topological polar surface area (TPSA) is 122 Å². The predicted octanol–water partition coefficient (Wildman–Crippen LogP) is 5.83. The summed E-state index contributed by atoms with van der Waals surface area (Å²) in [6.45, 7) is 0. The minimum absolute atomic E-state index is 0.0118. The standard InChI is InChI=1S/C29H25F4N7O3S/c1-39(25-12-13-34-27(37-25)35-19-7-4-17(5-8-19)16-44(3,42)43)20-9-11-24-23(15-20)36-28(40(24)2)38-26(41)21-14-18(29(31,32)33)6-10-22(21)30/h4-15H,16H2,1-3H3,(H,34,35,37)(H,36,38,41). The van der Waals surface area contributed by atoms with Gasteiger partial charge >= 0.3 is 6.18 Å². The van der Waals surface area contributed by atoms with Gasteiger partial charge in [0, 0.05) is 37.9 Å². The van der Waals surface area contributed by atoms with Crippen LogP contribution in [0, 0.1) is 5.82 Å². The van der Waals surface area contributed by atoms with Crippen LogP contribution in [0.5, 0.6) is 0 Å². The molecule has 0 fully saturated rings. The Morgan fingerprint density at radius 3 is 2.41 bits per heavy atom. The second kappa shape index (κ2) is 11.6. The zero-order valence-corrected chi connectivity index (χ0v) is 24.3. The maximum Gasteiger partial charge on any atom is 0.416 e. The Labute approximate surface area is 249 Å². The van der Waals surface area contributed by atoms with Crippen molar-refractivity contribution in [2.24, 2.45) is 7.05 Å². The van der Waals surface area contributed by atoms with Gasteiger partial charge in [-0.15, -0.1) is 0 Å². The number of benzene rings is 3. The number of imidazole rings is 1. The summed E-state index contributed by atoms with van der Waals surface area (Å²) < 4.78 is 78.1. The number of aromatic nitrogens is 4. The fraction of sp³-hybridized carbons (Fsp3) is 0.172. The van der Waals surface area contributed by atoms with Gasteiger partial charge in [0.05, 0.1) is 27.9 Å². The average Bonchev–Trinajstić information content (AvgIpc) is 3.26. The Hall–Kier alpha value is -5.05. The van der Waals surface area contributed by atoms with Crippen LogP contribution in [-0.2, 0) is 28.8 Å². The van der Waals surface area contributed by atoms with E-state index in [9.17, 15) is 30.8 Å². The van der Waals surface area contributed by atoms with Crippen LogP contribution < -0.4 is 15.5 Å². The number of halogens is 4. The van der Waals surface area contributed by atoms with Crippen LogP contribution in [0.2, 0.25) is 0 Å². The third-order valence-electron chi connectivity index (χ3n) is 6.64. The van der Waals surface area contributed by atoms with Gasteiger partial charge in [-0.05, 0) is 60.2 Å². The summed E-state index contributed by atoms with van der Waals surface area (Å²) in [7, 11) is 0.225. The molecule has 2 aromatic heterocycles. The largest absolute Gasteiger partial charge is 0.416 e. The number of sulfone groups is 1. The maximum atomic E-state index is 14.2. The van der Waals surface area contributed by atoms with Crippen LogP contribution >= 0.6 is 0 Å². The lowest BCUT2D eigenvalue weighted by atomic mass is 10.1. The number of anilines is 5. The molecule has 0 spiro atoms. The lowest BCUT2D eigenvalue weighted by Crippen LogP contribution is -2.18. The van der Waals surface area contributed by atoms with Crippen molar-refractivity contribution in [1.29, 1.82) is 0 Å². The summed E-state index contributed by atoms with van der Waals surface area (Å²) >= 11 is 0. The van der Waals surface area contributed by atoms with Gasteiger partial charge in [-0.1, -0.05) is 12.1 Å². The lowest BCUT2D eigenvalue weighted by Gasteiger charge is -2.19. The highest BCUT2D eigenvalue weighted by atomic mass is 32.2. The fourth-order valence-corrected chi connectivity index (χ4v) is 5.20. The Balaban J connectivity index is 1.34. The molecular formula is C29H25F4N7O3S. The molecule has 228 valence electrons. The van der Waals surface area contributed by atoms with Crippen molar-refractivity contribution in [2.45, 2.75) is 11.9 Å². The molecule has 0 aliphatic carbocycles. The van der Waals surface area contributed by atoms with E-state index < -0.39 is 38.9 Å². The zero-order chi connectivity index (χ0) is 31.8. The van der Waals surface area contributed by atoms with Crippen molar-refractivity contribution in [3.05, 3.63) is 95.4 Å². The van der Waals surface area contributed by atoms with Crippen LogP contribution in [-0.4, -0.2) is 47.1 Å². The molecule has 0 aliphatic heterocycles. The molecule has 44 heavy (non-hydrogen) atoms. The number of carbonyl (C=O) groups is 1. The number of fused-ring (bicyclic) bond motifs is 1. The van der Waals surface area contributed by atoms with E-state index in [1.165, 1.54) is 10.8 Å². The summed E-state index contributed by atoms with van der Waals surface area (Å²) in [5.74, 6) is -1.39. The molecule has 2 heterocycles. The third kappa shape index (κ3) is 6.78. The molecule has 10 nitrogen and oxygen atoms in total. The van der Waals surface area contributed by atoms with Crippen molar-refractivity contribution in [3.8, 4) is 0 Å². The predicted molar refractivity (Wildman–Crippen MR) is 158 cm³/mol. The van der Waals surface area contributed by atoms with Crippen molar-refractivity contribution in [3.63, 3.8) is 0 Å². The molecule has 0 bridgehead atoms.